The third kappa shape index (κ3) is 2.94. The van der Waals surface area contributed by atoms with Crippen LogP contribution in [0.1, 0.15) is 37.5 Å². The van der Waals surface area contributed by atoms with E-state index in [4.69, 9.17) is 0 Å². The van der Waals surface area contributed by atoms with Crippen molar-refractivity contribution in [2.45, 2.75) is 40.0 Å². The zero-order valence-electron chi connectivity index (χ0n) is 15.0. The molecule has 3 rings (SSSR count). The Morgan fingerprint density at radius 1 is 0.917 bits per heavy atom. The molecule has 0 unspecified atom stereocenters. The van der Waals surface area contributed by atoms with Gasteiger partial charge in [-0.1, -0.05) is 62.7 Å². The Kier molecular flexibility index (Phi) is 3.96. The summed E-state index contributed by atoms with van der Waals surface area (Å²) in [6, 6.07) is 16.5. The van der Waals surface area contributed by atoms with Crippen LogP contribution in [0.2, 0.25) is 0 Å². The van der Waals surface area contributed by atoms with Crippen LogP contribution in [0.15, 0.2) is 53.3 Å². The van der Waals surface area contributed by atoms with Crippen molar-refractivity contribution >= 4 is 0 Å². The minimum atomic E-state index is -0.247. The maximum atomic E-state index is 12.7. The fourth-order valence-electron chi connectivity index (χ4n) is 3.07. The Labute approximate surface area is 143 Å². The summed E-state index contributed by atoms with van der Waals surface area (Å²) in [6.45, 7) is 10.4. The summed E-state index contributed by atoms with van der Waals surface area (Å²) >= 11 is 0. The van der Waals surface area contributed by atoms with Crippen LogP contribution in [0.3, 0.4) is 0 Å². The van der Waals surface area contributed by atoms with Gasteiger partial charge in [0.05, 0.1) is 16.9 Å². The fraction of sp³-hybridized carbons (Fsp3) is 0.286. The summed E-state index contributed by atoms with van der Waals surface area (Å²) in [4.78, 5) is 12.7. The number of hydrogen-bond donors (Lipinski definition) is 1. The smallest absolute Gasteiger partial charge is 0.268 e. The molecule has 3 heteroatoms. The van der Waals surface area contributed by atoms with E-state index in [1.165, 1.54) is 5.56 Å². The molecule has 1 aromatic heterocycles. The lowest BCUT2D eigenvalue weighted by atomic mass is 9.85. The van der Waals surface area contributed by atoms with Crippen molar-refractivity contribution in [1.82, 2.24) is 9.78 Å². The van der Waals surface area contributed by atoms with Gasteiger partial charge in [-0.2, -0.15) is 0 Å². The predicted molar refractivity (Wildman–Crippen MR) is 100.0 cm³/mol. The summed E-state index contributed by atoms with van der Waals surface area (Å²) in [5, 5.41) is 3.04. The van der Waals surface area contributed by atoms with E-state index in [0.717, 1.165) is 28.1 Å². The van der Waals surface area contributed by atoms with Gasteiger partial charge in [-0.3, -0.25) is 14.6 Å². The van der Waals surface area contributed by atoms with E-state index in [9.17, 15) is 4.79 Å². The minimum absolute atomic E-state index is 0.0282. The molecule has 0 aliphatic heterocycles. The van der Waals surface area contributed by atoms with E-state index < -0.39 is 0 Å². The molecule has 0 saturated heterocycles. The van der Waals surface area contributed by atoms with Gasteiger partial charge in [0.2, 0.25) is 0 Å². The number of H-pyrrole nitrogens is 1. The van der Waals surface area contributed by atoms with Gasteiger partial charge in [0, 0.05) is 5.56 Å². The van der Waals surface area contributed by atoms with E-state index in [2.05, 4.69) is 76.1 Å². The zero-order valence-corrected chi connectivity index (χ0v) is 15.0. The molecule has 0 saturated carbocycles. The van der Waals surface area contributed by atoms with Crippen LogP contribution in [0.5, 0.6) is 0 Å². The van der Waals surface area contributed by atoms with Crippen LogP contribution in [0.25, 0.3) is 16.9 Å². The second-order valence-electron chi connectivity index (χ2n) is 7.45. The third-order valence-electron chi connectivity index (χ3n) is 4.24. The second kappa shape index (κ2) is 5.82. The lowest BCUT2D eigenvalue weighted by molar-refractivity contribution is 0.587. The van der Waals surface area contributed by atoms with Crippen LogP contribution < -0.4 is 5.56 Å². The van der Waals surface area contributed by atoms with Gasteiger partial charge < -0.3 is 0 Å². The molecule has 124 valence electrons. The molecule has 0 bridgehead atoms. The second-order valence-corrected chi connectivity index (χ2v) is 7.45. The molecule has 3 nitrogen and oxygen atoms in total. The summed E-state index contributed by atoms with van der Waals surface area (Å²) < 4.78 is 1.92. The topological polar surface area (TPSA) is 37.8 Å². The molecule has 1 N–H and O–H groups in total. The van der Waals surface area contributed by atoms with Gasteiger partial charge in [-0.25, -0.2) is 0 Å². The van der Waals surface area contributed by atoms with Crippen molar-refractivity contribution in [2.75, 3.05) is 0 Å². The van der Waals surface area contributed by atoms with Gasteiger partial charge in [0.15, 0.2) is 0 Å². The van der Waals surface area contributed by atoms with Gasteiger partial charge in [-0.15, -0.1) is 0 Å². The first kappa shape index (κ1) is 16.3. The van der Waals surface area contributed by atoms with Crippen LogP contribution in [-0.2, 0) is 5.41 Å². The highest BCUT2D eigenvalue weighted by atomic mass is 16.1. The monoisotopic (exact) mass is 320 g/mol. The molecule has 0 amide bonds. The first-order valence-corrected chi connectivity index (χ1v) is 8.27. The molecule has 0 radical (unpaired) electrons. The first-order valence-electron chi connectivity index (χ1n) is 8.27. The highest BCUT2D eigenvalue weighted by molar-refractivity contribution is 5.67. The molecule has 0 spiro atoms. The van der Waals surface area contributed by atoms with Gasteiger partial charge in [0.1, 0.15) is 0 Å². The van der Waals surface area contributed by atoms with Crippen LogP contribution >= 0.6 is 0 Å². The summed E-state index contributed by atoms with van der Waals surface area (Å²) in [5.74, 6) is 0. The fourth-order valence-corrected chi connectivity index (χ4v) is 3.07. The number of hydrogen-bond acceptors (Lipinski definition) is 1. The number of aryl methyl sites for hydroxylation is 2. The number of aromatic amines is 1. The van der Waals surface area contributed by atoms with Gasteiger partial charge in [0.25, 0.3) is 5.56 Å². The van der Waals surface area contributed by atoms with Crippen molar-refractivity contribution in [3.8, 4) is 16.9 Å². The van der Waals surface area contributed by atoms with Crippen molar-refractivity contribution in [1.29, 1.82) is 0 Å². The zero-order chi connectivity index (χ0) is 17.5. The lowest BCUT2D eigenvalue weighted by Crippen LogP contribution is -2.21. The predicted octanol–water partition coefficient (Wildman–Crippen LogP) is 4.75. The maximum Gasteiger partial charge on any atom is 0.268 e. The average Bonchev–Trinajstić information content (AvgIpc) is 2.85. The normalized spacial score (nSPS) is 11.7. The van der Waals surface area contributed by atoms with E-state index in [0.29, 0.717) is 0 Å². The van der Waals surface area contributed by atoms with Crippen LogP contribution in [0.4, 0.5) is 0 Å². The minimum Gasteiger partial charge on any atom is -0.268 e. The quantitative estimate of drug-likeness (QED) is 0.727. The van der Waals surface area contributed by atoms with E-state index in [-0.39, 0.29) is 11.0 Å². The number of aromatic nitrogens is 2. The standard InChI is InChI=1S/C21H24N2O/c1-14-9-11-16(12-10-14)19-18(21(3,4)5)20(24)22-23(19)17-8-6-7-15(2)13-17/h6-13H,1-5H3,(H,22,24). The molecule has 2 aromatic carbocycles. The van der Waals surface area contributed by atoms with Crippen molar-refractivity contribution in [3.63, 3.8) is 0 Å². The average molecular weight is 320 g/mol. The van der Waals surface area contributed by atoms with Gasteiger partial charge >= 0.3 is 0 Å². The lowest BCUT2D eigenvalue weighted by Gasteiger charge is -2.19. The van der Waals surface area contributed by atoms with E-state index in [1.54, 1.807) is 0 Å². The molecule has 0 fully saturated rings. The highest BCUT2D eigenvalue weighted by Gasteiger charge is 2.27. The highest BCUT2D eigenvalue weighted by Crippen LogP contribution is 2.32. The molecular weight excluding hydrogens is 296 g/mol. The number of nitrogens with one attached hydrogen (secondary N) is 1. The Bertz CT molecular complexity index is 922. The molecule has 0 aliphatic rings. The number of rotatable bonds is 2. The number of nitrogens with zero attached hydrogens (tertiary/aromatic N) is 1. The Morgan fingerprint density at radius 3 is 2.17 bits per heavy atom. The molecule has 0 atom stereocenters. The molecule has 24 heavy (non-hydrogen) atoms. The Hall–Kier alpha value is -2.55. The van der Waals surface area contributed by atoms with E-state index >= 15 is 0 Å². The van der Waals surface area contributed by atoms with Crippen molar-refractivity contribution < 1.29 is 0 Å². The Morgan fingerprint density at radius 2 is 1.58 bits per heavy atom. The SMILES string of the molecule is Cc1ccc(-c2c(C(C)(C)C)c(=O)[nH]n2-c2cccc(C)c2)cc1. The van der Waals surface area contributed by atoms with E-state index in [1.807, 2.05) is 16.8 Å². The maximum absolute atomic E-state index is 12.7. The molecule has 3 aromatic rings. The largest absolute Gasteiger partial charge is 0.268 e. The first-order chi connectivity index (χ1) is 11.3. The van der Waals surface area contributed by atoms with Crippen LogP contribution in [0, 0.1) is 13.8 Å². The summed E-state index contributed by atoms with van der Waals surface area (Å²) in [7, 11) is 0. The summed E-state index contributed by atoms with van der Waals surface area (Å²) in [6.07, 6.45) is 0. The summed E-state index contributed by atoms with van der Waals surface area (Å²) in [5.41, 5.74) is 5.86. The van der Waals surface area contributed by atoms with Crippen LogP contribution in [-0.4, -0.2) is 9.78 Å². The molecule has 0 aliphatic carbocycles. The molecule has 1 heterocycles. The van der Waals surface area contributed by atoms with Crippen molar-refractivity contribution in [2.24, 2.45) is 0 Å². The molecular formula is C21H24N2O. The number of benzene rings is 2. The van der Waals surface area contributed by atoms with Crippen molar-refractivity contribution in [3.05, 3.63) is 75.6 Å². The third-order valence-corrected chi connectivity index (χ3v) is 4.24. The Balaban J connectivity index is 2.35. The van der Waals surface area contributed by atoms with Gasteiger partial charge in [-0.05, 0) is 37.0 Å².